The summed E-state index contributed by atoms with van der Waals surface area (Å²) < 4.78 is 0. The molecule has 2 nitrogen and oxygen atoms in total. The number of nitrogens with zero attached hydrogens (tertiary/aromatic N) is 2. The second-order valence-electron chi connectivity index (χ2n) is 13.7. The highest BCUT2D eigenvalue weighted by Gasteiger charge is 2.47. The molecule has 0 aliphatic heterocycles. The van der Waals surface area contributed by atoms with Crippen molar-refractivity contribution in [1.29, 1.82) is 10.5 Å². The van der Waals surface area contributed by atoms with E-state index in [-0.39, 0.29) is 5.92 Å². The molecule has 51 heavy (non-hydrogen) atoms. The molecule has 6 aromatic carbocycles. The van der Waals surface area contributed by atoms with Crippen LogP contribution in [0.1, 0.15) is 56.0 Å². The summed E-state index contributed by atoms with van der Waals surface area (Å²) in [7, 11) is 0. The molecule has 0 saturated carbocycles. The normalized spacial score (nSPS) is 16.9. The van der Waals surface area contributed by atoms with Crippen molar-refractivity contribution in [2.75, 3.05) is 0 Å². The molecule has 2 heteroatoms. The number of allylic oxidation sites excluding steroid dienone is 7. The summed E-state index contributed by atoms with van der Waals surface area (Å²) >= 11 is 0. The third-order valence-corrected chi connectivity index (χ3v) is 11.4. The molecule has 10 rings (SSSR count). The van der Waals surface area contributed by atoms with Crippen LogP contribution in [-0.2, 0) is 11.8 Å². The van der Waals surface area contributed by atoms with Crippen LogP contribution in [-0.4, -0.2) is 0 Å². The van der Waals surface area contributed by atoms with E-state index in [4.69, 9.17) is 0 Å². The van der Waals surface area contributed by atoms with E-state index >= 15 is 0 Å². The van der Waals surface area contributed by atoms with E-state index in [1.807, 2.05) is 6.07 Å². The number of rotatable bonds is 3. The molecule has 0 amide bonds. The van der Waals surface area contributed by atoms with Crippen LogP contribution in [0.2, 0.25) is 0 Å². The molecule has 4 aliphatic carbocycles. The summed E-state index contributed by atoms with van der Waals surface area (Å²) in [6.45, 7) is 0. The molecule has 0 spiro atoms. The topological polar surface area (TPSA) is 47.6 Å². The molecule has 1 atom stereocenters. The van der Waals surface area contributed by atoms with Crippen LogP contribution >= 0.6 is 0 Å². The zero-order valence-corrected chi connectivity index (χ0v) is 27.8. The minimum absolute atomic E-state index is 0.156. The Balaban J connectivity index is 1.37. The van der Waals surface area contributed by atoms with Gasteiger partial charge in [0.15, 0.2) is 0 Å². The van der Waals surface area contributed by atoms with E-state index < -0.39 is 5.41 Å². The molecule has 4 aliphatic rings. The monoisotopic (exact) mass is 646 g/mol. The first-order valence-electron chi connectivity index (χ1n) is 17.5. The first-order valence-corrected chi connectivity index (χ1v) is 17.5. The average molecular weight is 647 g/mol. The van der Waals surface area contributed by atoms with Gasteiger partial charge in [-0.3, -0.25) is 0 Å². The Bertz CT molecular complexity index is 2610. The van der Waals surface area contributed by atoms with Gasteiger partial charge in [0.1, 0.15) is 0 Å². The van der Waals surface area contributed by atoms with Crippen molar-refractivity contribution < 1.29 is 0 Å². The molecule has 0 aromatic heterocycles. The lowest BCUT2D eigenvalue weighted by atomic mass is 9.58. The van der Waals surface area contributed by atoms with Gasteiger partial charge in [0.2, 0.25) is 0 Å². The summed E-state index contributed by atoms with van der Waals surface area (Å²) in [5, 5.41) is 21.5. The van der Waals surface area contributed by atoms with Crippen LogP contribution < -0.4 is 0 Å². The van der Waals surface area contributed by atoms with Crippen molar-refractivity contribution in [2.24, 2.45) is 0 Å². The maximum absolute atomic E-state index is 11.0. The molecular formula is C49H30N2. The predicted octanol–water partition coefficient (Wildman–Crippen LogP) is 11.1. The number of hydrogen-bond donors (Lipinski definition) is 0. The van der Waals surface area contributed by atoms with Crippen molar-refractivity contribution in [3.8, 4) is 34.4 Å². The van der Waals surface area contributed by atoms with Crippen LogP contribution in [0, 0.1) is 22.7 Å². The molecule has 0 N–H and O–H groups in total. The second kappa shape index (κ2) is 11.1. The SMILES string of the molecule is N#CC1=C2C=Cc3c(C4(c5ccccc5)c5ccccc5-c5ccccc5-c5ccccc54)cc(C#N)c4c3C2C(=CC4)C(c2ccccc2)=C1. The largest absolute Gasteiger partial charge is 0.192 e. The smallest absolute Gasteiger partial charge is 0.0995 e. The van der Waals surface area contributed by atoms with Gasteiger partial charge in [-0.05, 0) is 102 Å². The van der Waals surface area contributed by atoms with E-state index in [1.54, 1.807) is 0 Å². The molecule has 0 fully saturated rings. The Labute approximate surface area is 297 Å². The summed E-state index contributed by atoms with van der Waals surface area (Å²) in [5.41, 5.74) is 17.6. The predicted molar refractivity (Wildman–Crippen MR) is 205 cm³/mol. The minimum Gasteiger partial charge on any atom is -0.192 e. The van der Waals surface area contributed by atoms with E-state index in [2.05, 4.69) is 170 Å². The van der Waals surface area contributed by atoms with Crippen LogP contribution in [0.4, 0.5) is 0 Å². The highest BCUT2D eigenvalue weighted by atomic mass is 14.5. The Kier molecular flexibility index (Phi) is 6.38. The molecule has 236 valence electrons. The van der Waals surface area contributed by atoms with Gasteiger partial charge >= 0.3 is 0 Å². The van der Waals surface area contributed by atoms with E-state index in [9.17, 15) is 10.5 Å². The van der Waals surface area contributed by atoms with Gasteiger partial charge in [-0.1, -0.05) is 152 Å². The van der Waals surface area contributed by atoms with Gasteiger partial charge in [0.05, 0.1) is 28.7 Å². The zero-order chi connectivity index (χ0) is 34.1. The van der Waals surface area contributed by atoms with Gasteiger partial charge in [0, 0.05) is 5.92 Å². The van der Waals surface area contributed by atoms with Crippen molar-refractivity contribution >= 4 is 11.6 Å². The second-order valence-corrected chi connectivity index (χ2v) is 13.7. The minimum atomic E-state index is -0.777. The maximum atomic E-state index is 11.0. The first-order chi connectivity index (χ1) is 25.2. The Morgan fingerprint density at radius 2 is 1.18 bits per heavy atom. The van der Waals surface area contributed by atoms with Gasteiger partial charge in [-0.15, -0.1) is 0 Å². The lowest BCUT2D eigenvalue weighted by molar-refractivity contribution is 0.740. The Morgan fingerprint density at radius 1 is 0.588 bits per heavy atom. The van der Waals surface area contributed by atoms with Gasteiger partial charge in [-0.2, -0.15) is 10.5 Å². The highest BCUT2D eigenvalue weighted by Crippen LogP contribution is 2.59. The van der Waals surface area contributed by atoms with Gasteiger partial charge < -0.3 is 0 Å². The summed E-state index contributed by atoms with van der Waals surface area (Å²) in [6.07, 6.45) is 9.41. The van der Waals surface area contributed by atoms with Crippen molar-refractivity contribution in [1.82, 2.24) is 0 Å². The summed E-state index contributed by atoms with van der Waals surface area (Å²) in [4.78, 5) is 0. The highest BCUT2D eigenvalue weighted by molar-refractivity contribution is 5.95. The fraction of sp³-hybridized carbons (Fsp3) is 0.0612. The van der Waals surface area contributed by atoms with Crippen LogP contribution in [0.5, 0.6) is 0 Å². The molecule has 0 saturated heterocycles. The Morgan fingerprint density at radius 3 is 1.80 bits per heavy atom. The molecule has 0 radical (unpaired) electrons. The fourth-order valence-corrected chi connectivity index (χ4v) is 9.40. The number of nitriles is 2. The fourth-order valence-electron chi connectivity index (χ4n) is 9.40. The number of hydrogen-bond acceptors (Lipinski definition) is 2. The maximum Gasteiger partial charge on any atom is 0.0995 e. The lowest BCUT2D eigenvalue weighted by Crippen LogP contribution is -2.34. The van der Waals surface area contributed by atoms with Crippen LogP contribution in [0.25, 0.3) is 33.9 Å². The van der Waals surface area contributed by atoms with E-state index in [0.717, 1.165) is 44.5 Å². The van der Waals surface area contributed by atoms with Gasteiger partial charge in [-0.25, -0.2) is 0 Å². The van der Waals surface area contributed by atoms with Crippen LogP contribution in [0.3, 0.4) is 0 Å². The van der Waals surface area contributed by atoms with Gasteiger partial charge in [0.25, 0.3) is 0 Å². The van der Waals surface area contributed by atoms with Crippen molar-refractivity contribution in [3.63, 3.8) is 0 Å². The third kappa shape index (κ3) is 3.97. The van der Waals surface area contributed by atoms with Crippen molar-refractivity contribution in [3.05, 3.63) is 225 Å². The molecular weight excluding hydrogens is 617 g/mol. The zero-order valence-electron chi connectivity index (χ0n) is 27.8. The summed E-state index contributed by atoms with van der Waals surface area (Å²) in [5.74, 6) is -0.156. The van der Waals surface area contributed by atoms with Crippen LogP contribution in [0.15, 0.2) is 174 Å². The standard InChI is InChI=1S/C49H30N2/c50-29-32-27-43(31-13-3-1-4-14-31)41-25-23-36-33(30-51)28-46(42-26-24-35(32)47(41)48(36)42)49(34-15-5-2-6-16-34)44-21-11-9-19-39(44)37-17-7-8-18-38(37)40-20-10-12-22-45(40)49/h1-22,24-28,47H,23H2. The lowest BCUT2D eigenvalue weighted by Gasteiger charge is -2.43. The van der Waals surface area contributed by atoms with E-state index in [1.165, 1.54) is 39.0 Å². The van der Waals surface area contributed by atoms with E-state index in [0.29, 0.717) is 17.6 Å². The molecule has 0 bridgehead atoms. The third-order valence-electron chi connectivity index (χ3n) is 11.4. The molecule has 6 aromatic rings. The van der Waals surface area contributed by atoms with Crippen molar-refractivity contribution in [2.45, 2.75) is 17.8 Å². The average Bonchev–Trinajstić information content (AvgIpc) is 3.31. The number of fused-ring (bicyclic) bond motifs is 5. The quantitative estimate of drug-likeness (QED) is 0.192. The molecule has 0 heterocycles. The first kappa shape index (κ1) is 29.2. The number of benzene rings is 6. The Hall–Kier alpha value is -6.74. The molecule has 1 unspecified atom stereocenters. The summed E-state index contributed by atoms with van der Waals surface area (Å²) in [6, 6.07) is 55.0.